The molecule has 0 aliphatic rings. The van der Waals surface area contributed by atoms with Crippen LogP contribution in [0, 0.1) is 13.8 Å². The summed E-state index contributed by atoms with van der Waals surface area (Å²) in [6, 6.07) is 8.49. The summed E-state index contributed by atoms with van der Waals surface area (Å²) < 4.78 is 0. The van der Waals surface area contributed by atoms with E-state index in [9.17, 15) is 0 Å². The largest absolute Gasteiger partial charge is 0.352 e. The normalized spacial score (nSPS) is 10.9. The fraction of sp³-hybridized carbons (Fsp3) is 0.333. The maximum atomic E-state index is 4.24. The van der Waals surface area contributed by atoms with Crippen LogP contribution in [0.25, 0.3) is 0 Å². The molecule has 0 unspecified atom stereocenters. The molecule has 0 aliphatic carbocycles. The molecule has 1 heterocycles. The van der Waals surface area contributed by atoms with Gasteiger partial charge in [0.05, 0.1) is 17.7 Å². The van der Waals surface area contributed by atoms with Crippen molar-refractivity contribution in [3.05, 3.63) is 51.5 Å². The van der Waals surface area contributed by atoms with Gasteiger partial charge in [-0.05, 0) is 19.4 Å². The van der Waals surface area contributed by atoms with E-state index in [1.807, 2.05) is 12.4 Å². The van der Waals surface area contributed by atoms with Crippen LogP contribution in [0.15, 0.2) is 34.8 Å². The quantitative estimate of drug-likeness (QED) is 0.457. The Balaban J connectivity index is 0.00000220. The zero-order valence-electron chi connectivity index (χ0n) is 12.5. The SMILES string of the molecule is CN=C(NCc1ccc(C)cc1)NCc1scnc1C.I. The summed E-state index contributed by atoms with van der Waals surface area (Å²) in [6.45, 7) is 5.64. The molecule has 1 aromatic carbocycles. The number of aryl methyl sites for hydroxylation is 2. The van der Waals surface area contributed by atoms with Crippen LogP contribution in [0.4, 0.5) is 0 Å². The van der Waals surface area contributed by atoms with Gasteiger partial charge in [0.15, 0.2) is 5.96 Å². The van der Waals surface area contributed by atoms with E-state index in [4.69, 9.17) is 0 Å². The third-order valence-electron chi connectivity index (χ3n) is 3.07. The van der Waals surface area contributed by atoms with E-state index in [1.165, 1.54) is 16.0 Å². The van der Waals surface area contributed by atoms with Crippen molar-refractivity contribution >= 4 is 41.3 Å². The van der Waals surface area contributed by atoms with Gasteiger partial charge in [-0.3, -0.25) is 4.99 Å². The maximum absolute atomic E-state index is 4.24. The lowest BCUT2D eigenvalue weighted by atomic mass is 10.1. The van der Waals surface area contributed by atoms with Gasteiger partial charge >= 0.3 is 0 Å². The Bertz CT molecular complexity index is 578. The standard InChI is InChI=1S/C15H20N4S.HI/c1-11-4-6-13(7-5-11)8-17-15(16-3)18-9-14-12(2)19-10-20-14;/h4-7,10H,8-9H2,1-3H3,(H2,16,17,18);1H. The molecule has 0 atom stereocenters. The Kier molecular flexibility index (Phi) is 7.66. The summed E-state index contributed by atoms with van der Waals surface area (Å²) in [4.78, 5) is 9.71. The molecule has 21 heavy (non-hydrogen) atoms. The first-order valence-electron chi connectivity index (χ1n) is 6.58. The van der Waals surface area contributed by atoms with Crippen molar-refractivity contribution in [2.75, 3.05) is 7.05 Å². The van der Waals surface area contributed by atoms with Gasteiger partial charge in [0.2, 0.25) is 0 Å². The third kappa shape index (κ3) is 5.62. The highest BCUT2D eigenvalue weighted by Crippen LogP contribution is 2.11. The van der Waals surface area contributed by atoms with Gasteiger partial charge in [0.25, 0.3) is 0 Å². The fourth-order valence-electron chi connectivity index (χ4n) is 1.77. The number of hydrogen-bond acceptors (Lipinski definition) is 3. The van der Waals surface area contributed by atoms with E-state index < -0.39 is 0 Å². The average Bonchev–Trinajstić information content (AvgIpc) is 2.86. The Morgan fingerprint density at radius 1 is 1.14 bits per heavy atom. The molecule has 0 radical (unpaired) electrons. The number of aliphatic imine (C=N–C) groups is 1. The zero-order valence-corrected chi connectivity index (χ0v) is 15.7. The molecular weight excluding hydrogens is 395 g/mol. The highest BCUT2D eigenvalue weighted by atomic mass is 127. The maximum Gasteiger partial charge on any atom is 0.191 e. The van der Waals surface area contributed by atoms with Crippen LogP contribution in [-0.2, 0) is 13.1 Å². The number of hydrogen-bond donors (Lipinski definition) is 2. The number of benzene rings is 1. The summed E-state index contributed by atoms with van der Waals surface area (Å²) in [7, 11) is 1.78. The Hall–Kier alpha value is -1.15. The molecule has 6 heteroatoms. The molecule has 0 aliphatic heterocycles. The van der Waals surface area contributed by atoms with Crippen LogP contribution in [0.5, 0.6) is 0 Å². The predicted molar refractivity (Wildman–Crippen MR) is 100 cm³/mol. The minimum Gasteiger partial charge on any atom is -0.352 e. The smallest absolute Gasteiger partial charge is 0.191 e. The molecule has 0 amide bonds. The molecule has 2 aromatic rings. The summed E-state index contributed by atoms with van der Waals surface area (Å²) >= 11 is 1.66. The molecule has 0 fully saturated rings. The van der Waals surface area contributed by atoms with Crippen LogP contribution in [0.2, 0.25) is 0 Å². The topological polar surface area (TPSA) is 49.3 Å². The molecule has 0 bridgehead atoms. The number of guanidine groups is 1. The number of nitrogens with zero attached hydrogens (tertiary/aromatic N) is 2. The van der Waals surface area contributed by atoms with Gasteiger partial charge in [-0.15, -0.1) is 35.3 Å². The summed E-state index contributed by atoms with van der Waals surface area (Å²) in [5.74, 6) is 0.804. The second kappa shape index (κ2) is 8.99. The third-order valence-corrected chi connectivity index (χ3v) is 4.00. The van der Waals surface area contributed by atoms with Crippen LogP contribution in [-0.4, -0.2) is 18.0 Å². The molecule has 2 rings (SSSR count). The Labute approximate surface area is 147 Å². The average molecular weight is 416 g/mol. The fourth-order valence-corrected chi connectivity index (χ4v) is 2.49. The molecule has 2 N–H and O–H groups in total. The first-order valence-corrected chi connectivity index (χ1v) is 7.46. The van der Waals surface area contributed by atoms with Crippen LogP contribution < -0.4 is 10.6 Å². The summed E-state index contributed by atoms with van der Waals surface area (Å²) in [5, 5.41) is 6.61. The molecule has 0 saturated heterocycles. The van der Waals surface area contributed by atoms with Crippen molar-refractivity contribution < 1.29 is 0 Å². The van der Waals surface area contributed by atoms with Gasteiger partial charge in [-0.2, -0.15) is 0 Å². The monoisotopic (exact) mass is 416 g/mol. The molecule has 0 saturated carbocycles. The zero-order chi connectivity index (χ0) is 14.4. The van der Waals surface area contributed by atoms with Gasteiger partial charge in [0.1, 0.15) is 0 Å². The van der Waals surface area contributed by atoms with Crippen molar-refractivity contribution in [1.82, 2.24) is 15.6 Å². The summed E-state index contributed by atoms with van der Waals surface area (Å²) in [5.41, 5.74) is 5.47. The van der Waals surface area contributed by atoms with Gasteiger partial charge in [-0.25, -0.2) is 4.98 Å². The number of halogens is 1. The minimum atomic E-state index is 0. The summed E-state index contributed by atoms with van der Waals surface area (Å²) in [6.07, 6.45) is 0. The van der Waals surface area contributed by atoms with E-state index in [-0.39, 0.29) is 24.0 Å². The minimum absolute atomic E-state index is 0. The highest BCUT2D eigenvalue weighted by Gasteiger charge is 2.03. The van der Waals surface area contributed by atoms with Crippen LogP contribution in [0.3, 0.4) is 0 Å². The Morgan fingerprint density at radius 3 is 2.38 bits per heavy atom. The van der Waals surface area contributed by atoms with Crippen molar-refractivity contribution in [3.8, 4) is 0 Å². The van der Waals surface area contributed by atoms with Crippen molar-refractivity contribution in [1.29, 1.82) is 0 Å². The molecular formula is C15H21IN4S. The first-order chi connectivity index (χ1) is 9.69. The Morgan fingerprint density at radius 2 is 1.81 bits per heavy atom. The van der Waals surface area contributed by atoms with Gasteiger partial charge in [0, 0.05) is 18.5 Å². The lowest BCUT2D eigenvalue weighted by Gasteiger charge is -2.11. The van der Waals surface area contributed by atoms with E-state index in [2.05, 4.69) is 51.8 Å². The second-order valence-electron chi connectivity index (χ2n) is 4.63. The second-order valence-corrected chi connectivity index (χ2v) is 5.57. The predicted octanol–water partition coefficient (Wildman–Crippen LogP) is 3.24. The molecule has 0 spiro atoms. The lowest BCUT2D eigenvalue weighted by Crippen LogP contribution is -2.36. The highest BCUT2D eigenvalue weighted by molar-refractivity contribution is 14.0. The van der Waals surface area contributed by atoms with Crippen LogP contribution in [0.1, 0.15) is 21.7 Å². The van der Waals surface area contributed by atoms with Crippen molar-refractivity contribution in [2.24, 2.45) is 4.99 Å². The van der Waals surface area contributed by atoms with Crippen molar-refractivity contribution in [3.63, 3.8) is 0 Å². The number of thiazole rings is 1. The van der Waals surface area contributed by atoms with Crippen molar-refractivity contribution in [2.45, 2.75) is 26.9 Å². The van der Waals surface area contributed by atoms with Gasteiger partial charge < -0.3 is 10.6 Å². The van der Waals surface area contributed by atoms with Crippen LogP contribution >= 0.6 is 35.3 Å². The van der Waals surface area contributed by atoms with E-state index in [1.54, 1.807) is 18.4 Å². The molecule has 4 nitrogen and oxygen atoms in total. The van der Waals surface area contributed by atoms with E-state index >= 15 is 0 Å². The molecule has 1 aromatic heterocycles. The van der Waals surface area contributed by atoms with Gasteiger partial charge in [-0.1, -0.05) is 29.8 Å². The van der Waals surface area contributed by atoms with E-state index in [0.29, 0.717) is 0 Å². The first kappa shape index (κ1) is 17.9. The number of rotatable bonds is 4. The number of nitrogens with one attached hydrogen (secondary N) is 2. The number of aromatic nitrogens is 1. The lowest BCUT2D eigenvalue weighted by molar-refractivity contribution is 0.811. The molecule has 114 valence electrons. The van der Waals surface area contributed by atoms with E-state index in [0.717, 1.165) is 24.7 Å².